The molecule has 0 unspecified atom stereocenters. The van der Waals surface area contributed by atoms with Crippen LogP contribution in [-0.2, 0) is 28.6 Å². The Balaban J connectivity index is 2.13. The van der Waals surface area contributed by atoms with Crippen LogP contribution in [0.2, 0.25) is 0 Å². The quantitative estimate of drug-likeness (QED) is 0.195. The van der Waals surface area contributed by atoms with Crippen molar-refractivity contribution < 1.29 is 38.8 Å². The van der Waals surface area contributed by atoms with E-state index in [1.807, 2.05) is 39.8 Å². The number of rotatable bonds is 9. The molecular formula is C30H46O8. The van der Waals surface area contributed by atoms with Gasteiger partial charge in [-0.2, -0.15) is 0 Å². The molecule has 0 aromatic rings. The molecule has 0 bridgehead atoms. The molecule has 0 amide bonds. The monoisotopic (exact) mass is 534 g/mol. The topological polar surface area (TPSA) is 123 Å². The predicted octanol–water partition coefficient (Wildman–Crippen LogP) is 4.23. The van der Waals surface area contributed by atoms with Crippen LogP contribution in [0.1, 0.15) is 80.6 Å². The summed E-state index contributed by atoms with van der Waals surface area (Å²) in [4.78, 5) is 36.2. The Labute approximate surface area is 227 Å². The van der Waals surface area contributed by atoms with Gasteiger partial charge in [-0.3, -0.25) is 14.4 Å². The zero-order valence-electron chi connectivity index (χ0n) is 23.9. The van der Waals surface area contributed by atoms with E-state index in [9.17, 15) is 24.6 Å². The molecule has 8 nitrogen and oxygen atoms in total. The number of cyclic esters (lactones) is 1. The summed E-state index contributed by atoms with van der Waals surface area (Å²) >= 11 is 0. The fraction of sp³-hybridized carbons (Fsp3) is 0.700. The van der Waals surface area contributed by atoms with Gasteiger partial charge in [0.1, 0.15) is 23.6 Å². The highest BCUT2D eigenvalue weighted by Gasteiger charge is 2.45. The molecule has 1 saturated heterocycles. The van der Waals surface area contributed by atoms with Gasteiger partial charge >= 0.3 is 11.9 Å². The first-order valence-electron chi connectivity index (χ1n) is 13.7. The van der Waals surface area contributed by atoms with E-state index < -0.39 is 35.9 Å². The SMILES string of the molecule is CCC(=O)[C@H](C)[C@H]1O[C@H]1C[C@@H](C)/C=C/C=C(\C)[C@H]1OC(=O)C[C@@H](O)CC[C@@](C)(O)[C@@H](OC(C)=O)/C=C/[C@@H]1C. The number of aliphatic hydroxyl groups excluding tert-OH is 1. The minimum atomic E-state index is -1.41. The summed E-state index contributed by atoms with van der Waals surface area (Å²) in [6.07, 6.45) is 8.35. The second-order valence-electron chi connectivity index (χ2n) is 11.2. The number of aliphatic hydroxyl groups is 2. The standard InChI is InChI=1S/C30H46O8/c1-8-24(33)21(5)29-25(37-29)16-18(2)10-9-11-19(3)28-20(4)12-13-26(36-22(6)31)30(7,35)15-14-23(32)17-27(34)38-28/h9-13,18,20-21,23,25-26,28-29,32,35H,8,14-17H2,1-7H3/b10-9+,13-12+,19-11+/t18-,20-,21-,23-,25-,26-,28+,29+,30+/m0/s1. The van der Waals surface area contributed by atoms with Crippen LogP contribution in [0.5, 0.6) is 0 Å². The van der Waals surface area contributed by atoms with Gasteiger partial charge in [0.25, 0.3) is 0 Å². The third-order valence-electron chi connectivity index (χ3n) is 7.44. The van der Waals surface area contributed by atoms with Gasteiger partial charge in [0, 0.05) is 25.2 Å². The van der Waals surface area contributed by atoms with Gasteiger partial charge in [0.15, 0.2) is 0 Å². The van der Waals surface area contributed by atoms with E-state index in [4.69, 9.17) is 14.2 Å². The lowest BCUT2D eigenvalue weighted by Gasteiger charge is -2.32. The predicted molar refractivity (Wildman–Crippen MR) is 144 cm³/mol. The molecule has 9 atom stereocenters. The highest BCUT2D eigenvalue weighted by molar-refractivity contribution is 5.81. The smallest absolute Gasteiger partial charge is 0.309 e. The third-order valence-corrected chi connectivity index (χ3v) is 7.44. The number of hydrogen-bond acceptors (Lipinski definition) is 8. The van der Waals surface area contributed by atoms with Crippen LogP contribution < -0.4 is 0 Å². The highest BCUT2D eigenvalue weighted by Crippen LogP contribution is 2.35. The van der Waals surface area contributed by atoms with Gasteiger partial charge in [-0.25, -0.2) is 0 Å². The maximum Gasteiger partial charge on any atom is 0.309 e. The Morgan fingerprint density at radius 2 is 1.95 bits per heavy atom. The van der Waals surface area contributed by atoms with Crippen LogP contribution in [0.15, 0.2) is 36.0 Å². The van der Waals surface area contributed by atoms with Gasteiger partial charge in [-0.15, -0.1) is 0 Å². The fourth-order valence-electron chi connectivity index (χ4n) is 4.86. The van der Waals surface area contributed by atoms with Crippen molar-refractivity contribution in [3.05, 3.63) is 36.0 Å². The van der Waals surface area contributed by atoms with Crippen molar-refractivity contribution in [1.29, 1.82) is 0 Å². The molecule has 0 aliphatic carbocycles. The Hall–Kier alpha value is -2.29. The number of epoxide rings is 1. The van der Waals surface area contributed by atoms with Crippen LogP contribution in [0.4, 0.5) is 0 Å². The van der Waals surface area contributed by atoms with E-state index in [-0.39, 0.29) is 55.0 Å². The van der Waals surface area contributed by atoms with E-state index in [0.717, 1.165) is 12.0 Å². The molecule has 38 heavy (non-hydrogen) atoms. The molecule has 1 fully saturated rings. The molecule has 0 radical (unpaired) electrons. The summed E-state index contributed by atoms with van der Waals surface area (Å²) in [6.45, 7) is 12.5. The number of ether oxygens (including phenoxy) is 3. The minimum absolute atomic E-state index is 0.00536. The number of esters is 2. The van der Waals surface area contributed by atoms with Crippen LogP contribution in [0, 0.1) is 17.8 Å². The first-order valence-corrected chi connectivity index (χ1v) is 13.7. The number of hydrogen-bond donors (Lipinski definition) is 2. The lowest BCUT2D eigenvalue weighted by Crippen LogP contribution is -2.42. The summed E-state index contributed by atoms with van der Waals surface area (Å²) < 4.78 is 16.9. The zero-order chi connectivity index (χ0) is 28.6. The molecule has 2 rings (SSSR count). The van der Waals surface area contributed by atoms with Crippen molar-refractivity contribution in [2.45, 2.75) is 117 Å². The largest absolute Gasteiger partial charge is 0.457 e. The lowest BCUT2D eigenvalue weighted by molar-refractivity contribution is -0.157. The lowest BCUT2D eigenvalue weighted by atomic mass is 9.88. The van der Waals surface area contributed by atoms with Crippen molar-refractivity contribution in [3.8, 4) is 0 Å². The van der Waals surface area contributed by atoms with Crippen molar-refractivity contribution >= 4 is 17.7 Å². The maximum atomic E-state index is 12.6. The van der Waals surface area contributed by atoms with Gasteiger partial charge in [0.05, 0.1) is 24.7 Å². The molecule has 0 spiro atoms. The second kappa shape index (κ2) is 14.2. The molecule has 2 heterocycles. The molecule has 2 aliphatic heterocycles. The normalized spacial score (nSPS) is 35.4. The molecule has 214 valence electrons. The first-order chi connectivity index (χ1) is 17.7. The Kier molecular flexibility index (Phi) is 11.9. The van der Waals surface area contributed by atoms with E-state index in [0.29, 0.717) is 6.42 Å². The minimum Gasteiger partial charge on any atom is -0.457 e. The van der Waals surface area contributed by atoms with E-state index >= 15 is 0 Å². The molecule has 2 N–H and O–H groups in total. The van der Waals surface area contributed by atoms with E-state index in [2.05, 4.69) is 13.0 Å². The van der Waals surface area contributed by atoms with Gasteiger partial charge < -0.3 is 24.4 Å². The zero-order valence-corrected chi connectivity index (χ0v) is 23.9. The fourth-order valence-corrected chi connectivity index (χ4v) is 4.86. The summed E-state index contributed by atoms with van der Waals surface area (Å²) in [5.74, 6) is -0.938. The molecule has 0 aromatic carbocycles. The van der Waals surface area contributed by atoms with Crippen LogP contribution in [0.3, 0.4) is 0 Å². The van der Waals surface area contributed by atoms with Crippen molar-refractivity contribution in [2.75, 3.05) is 0 Å². The molecule has 0 aromatic heterocycles. The first kappa shape index (κ1) is 31.9. The van der Waals surface area contributed by atoms with E-state index in [1.165, 1.54) is 6.92 Å². The summed E-state index contributed by atoms with van der Waals surface area (Å²) in [6, 6.07) is 0. The Bertz CT molecular complexity index is 917. The Morgan fingerprint density at radius 3 is 2.58 bits per heavy atom. The van der Waals surface area contributed by atoms with Crippen molar-refractivity contribution in [3.63, 3.8) is 0 Å². The molecular weight excluding hydrogens is 488 g/mol. The van der Waals surface area contributed by atoms with Gasteiger partial charge in [0.2, 0.25) is 0 Å². The van der Waals surface area contributed by atoms with Crippen LogP contribution in [0.25, 0.3) is 0 Å². The van der Waals surface area contributed by atoms with Crippen molar-refractivity contribution in [1.82, 2.24) is 0 Å². The molecule has 0 saturated carbocycles. The Morgan fingerprint density at radius 1 is 1.26 bits per heavy atom. The highest BCUT2D eigenvalue weighted by atomic mass is 16.6. The number of carbonyl (C=O) groups excluding carboxylic acids is 3. The molecule has 2 aliphatic rings. The third kappa shape index (κ3) is 9.79. The number of carbonyl (C=O) groups is 3. The van der Waals surface area contributed by atoms with Gasteiger partial charge in [-0.1, -0.05) is 52.0 Å². The molecule has 8 heteroatoms. The average Bonchev–Trinajstić information content (AvgIpc) is 3.60. The summed E-state index contributed by atoms with van der Waals surface area (Å²) in [7, 11) is 0. The average molecular weight is 535 g/mol. The van der Waals surface area contributed by atoms with Crippen LogP contribution in [-0.4, -0.2) is 64.1 Å². The van der Waals surface area contributed by atoms with E-state index in [1.54, 1.807) is 19.1 Å². The van der Waals surface area contributed by atoms with Gasteiger partial charge in [-0.05, 0) is 50.7 Å². The van der Waals surface area contributed by atoms with Crippen LogP contribution >= 0.6 is 0 Å². The maximum absolute atomic E-state index is 12.6. The summed E-state index contributed by atoms with van der Waals surface area (Å²) in [5.41, 5.74) is -0.596. The second-order valence-corrected chi connectivity index (χ2v) is 11.2. The number of allylic oxidation sites excluding steroid dienone is 3. The van der Waals surface area contributed by atoms with Crippen molar-refractivity contribution in [2.24, 2.45) is 17.8 Å². The number of Topliss-reactive ketones (excluding diaryl/α,β-unsaturated/α-hetero) is 1. The summed E-state index contributed by atoms with van der Waals surface area (Å²) in [5, 5.41) is 21.3. The number of ketones is 1.